The molecule has 1 saturated heterocycles. The number of fused-ring (bicyclic) bond motifs is 1. The molecule has 0 saturated carbocycles. The Balaban J connectivity index is 1.57. The van der Waals surface area contributed by atoms with Gasteiger partial charge in [0.25, 0.3) is 0 Å². The zero-order chi connectivity index (χ0) is 25.3. The lowest BCUT2D eigenvalue weighted by atomic mass is 9.64. The molecule has 2 aliphatic rings. The summed E-state index contributed by atoms with van der Waals surface area (Å²) < 4.78 is 0. The van der Waals surface area contributed by atoms with Crippen molar-refractivity contribution in [3.63, 3.8) is 0 Å². The van der Waals surface area contributed by atoms with E-state index in [4.69, 9.17) is 0 Å². The first-order valence-corrected chi connectivity index (χ1v) is 13.9. The van der Waals surface area contributed by atoms with E-state index in [9.17, 15) is 4.79 Å². The van der Waals surface area contributed by atoms with Gasteiger partial charge in [-0.05, 0) is 113 Å². The molecule has 0 aromatic heterocycles. The van der Waals surface area contributed by atoms with E-state index >= 15 is 0 Å². The van der Waals surface area contributed by atoms with Gasteiger partial charge in [0, 0.05) is 12.0 Å². The average Bonchev–Trinajstić information content (AvgIpc) is 2.86. The quantitative estimate of drug-likeness (QED) is 0.139. The Bertz CT molecular complexity index is 969. The highest BCUT2D eigenvalue weighted by molar-refractivity contribution is 5.98. The van der Waals surface area contributed by atoms with E-state index < -0.39 is 0 Å². The molecule has 3 rings (SSSR count). The average molecular weight is 474 g/mol. The predicted octanol–water partition coefficient (Wildman–Crippen LogP) is 8.28. The third-order valence-corrected chi connectivity index (χ3v) is 8.23. The van der Waals surface area contributed by atoms with Crippen LogP contribution in [0.2, 0.25) is 0 Å². The largest absolute Gasteiger partial charge is 0.303 e. The number of likely N-dealkylation sites (tertiary alicyclic amines) is 1. The van der Waals surface area contributed by atoms with E-state index in [0.29, 0.717) is 11.8 Å². The van der Waals surface area contributed by atoms with Gasteiger partial charge < -0.3 is 4.90 Å². The fourth-order valence-corrected chi connectivity index (χ4v) is 5.71. The second-order valence-electron chi connectivity index (χ2n) is 10.9. The molecule has 0 unspecified atom stereocenters. The smallest absolute Gasteiger partial charge is 0.162 e. The summed E-state index contributed by atoms with van der Waals surface area (Å²) in [6.07, 6.45) is 19.4. The van der Waals surface area contributed by atoms with Crippen LogP contribution in [0.1, 0.15) is 95.8 Å². The summed E-state index contributed by atoms with van der Waals surface area (Å²) >= 11 is 0. The zero-order valence-electron chi connectivity index (χ0n) is 22.8. The number of hydrogen-bond donors (Lipinski definition) is 0. The van der Waals surface area contributed by atoms with Crippen LogP contribution in [0, 0.1) is 5.41 Å². The molecule has 1 aliphatic heterocycles. The molecule has 1 aromatic carbocycles. The van der Waals surface area contributed by atoms with Crippen molar-refractivity contribution in [2.45, 2.75) is 91.9 Å². The summed E-state index contributed by atoms with van der Waals surface area (Å²) in [6.45, 7) is 16.6. The standard InChI is InChI=1S/C33H47NO/c1-6-9-10-20-34-21-18-33(19-22-34)24-27(5)31-23-28(15-16-30(31)25-33)12-11-13-29(8-3)32(35)17-14-26(4)7-2/h7-8,11,13,15-16,23H,5-6,9-10,12,14,17-22,24-25H2,1-4H3/b13-11-,26-7+,29-8+. The summed E-state index contributed by atoms with van der Waals surface area (Å²) in [6, 6.07) is 6.98. The van der Waals surface area contributed by atoms with Crippen LogP contribution in [0.5, 0.6) is 0 Å². The number of nitrogens with zero attached hydrogens (tertiary/aromatic N) is 1. The first-order chi connectivity index (χ1) is 16.9. The Morgan fingerprint density at radius 3 is 2.54 bits per heavy atom. The van der Waals surface area contributed by atoms with E-state index in [0.717, 1.165) is 24.8 Å². The lowest BCUT2D eigenvalue weighted by molar-refractivity contribution is -0.115. The number of Topliss-reactive ketones (excluding diaryl/α,β-unsaturated/α-hetero) is 1. The number of carbonyl (C=O) groups is 1. The van der Waals surface area contributed by atoms with Crippen LogP contribution in [-0.4, -0.2) is 30.3 Å². The molecule has 0 atom stereocenters. The molecule has 1 aliphatic carbocycles. The number of ketones is 1. The van der Waals surface area contributed by atoms with Crippen molar-refractivity contribution in [1.29, 1.82) is 0 Å². The van der Waals surface area contributed by atoms with Gasteiger partial charge in [-0.1, -0.05) is 74.4 Å². The molecule has 35 heavy (non-hydrogen) atoms. The van der Waals surface area contributed by atoms with Crippen molar-refractivity contribution < 1.29 is 4.79 Å². The fraction of sp³-hybridized carbons (Fsp3) is 0.545. The molecular formula is C33H47NO. The predicted molar refractivity (Wildman–Crippen MR) is 152 cm³/mol. The van der Waals surface area contributed by atoms with E-state index in [1.54, 1.807) is 0 Å². The molecule has 2 nitrogen and oxygen atoms in total. The Kier molecular flexibility index (Phi) is 10.3. The third-order valence-electron chi connectivity index (χ3n) is 8.23. The molecule has 1 fully saturated rings. The van der Waals surface area contributed by atoms with E-state index in [2.05, 4.69) is 55.7 Å². The summed E-state index contributed by atoms with van der Waals surface area (Å²) in [7, 11) is 0. The highest BCUT2D eigenvalue weighted by Crippen LogP contribution is 2.47. The molecule has 0 radical (unpaired) electrons. The maximum absolute atomic E-state index is 12.5. The van der Waals surface area contributed by atoms with Crippen molar-refractivity contribution in [2.75, 3.05) is 19.6 Å². The van der Waals surface area contributed by atoms with Crippen LogP contribution in [0.4, 0.5) is 0 Å². The molecule has 2 heteroatoms. The van der Waals surface area contributed by atoms with Crippen molar-refractivity contribution in [3.8, 4) is 0 Å². The van der Waals surface area contributed by atoms with Crippen LogP contribution in [0.25, 0.3) is 5.57 Å². The Morgan fingerprint density at radius 2 is 1.86 bits per heavy atom. The highest BCUT2D eigenvalue weighted by atomic mass is 16.1. The van der Waals surface area contributed by atoms with Gasteiger partial charge in [-0.2, -0.15) is 0 Å². The molecule has 1 aromatic rings. The van der Waals surface area contributed by atoms with E-state index in [1.165, 1.54) is 86.0 Å². The molecule has 190 valence electrons. The van der Waals surface area contributed by atoms with Gasteiger partial charge in [0.15, 0.2) is 5.78 Å². The number of carbonyl (C=O) groups excluding carboxylic acids is 1. The SMILES string of the molecule is C=C1CC2(CCN(CCCCC)CC2)Cc2ccc(C/C=C\C(=C/C)C(=O)CC/C(C)=C/C)cc21. The summed E-state index contributed by atoms with van der Waals surface area (Å²) in [4.78, 5) is 15.2. The minimum absolute atomic E-state index is 0.227. The highest BCUT2D eigenvalue weighted by Gasteiger charge is 2.38. The fourth-order valence-electron chi connectivity index (χ4n) is 5.71. The minimum atomic E-state index is 0.227. The second-order valence-corrected chi connectivity index (χ2v) is 10.9. The number of allylic oxidation sites excluding steroid dienone is 7. The van der Waals surface area contributed by atoms with Gasteiger partial charge in [-0.25, -0.2) is 0 Å². The van der Waals surface area contributed by atoms with Crippen LogP contribution < -0.4 is 0 Å². The summed E-state index contributed by atoms with van der Waals surface area (Å²) in [5.41, 5.74) is 7.98. The molecule has 0 amide bonds. The van der Waals surface area contributed by atoms with Gasteiger partial charge >= 0.3 is 0 Å². The van der Waals surface area contributed by atoms with Crippen molar-refractivity contribution in [2.24, 2.45) is 5.41 Å². The lowest BCUT2D eigenvalue weighted by Gasteiger charge is -2.45. The lowest BCUT2D eigenvalue weighted by Crippen LogP contribution is -2.42. The Morgan fingerprint density at radius 1 is 1.09 bits per heavy atom. The van der Waals surface area contributed by atoms with E-state index in [1.807, 2.05) is 26.0 Å². The Hall–Kier alpha value is -2.19. The second kappa shape index (κ2) is 13.2. The minimum Gasteiger partial charge on any atom is -0.303 e. The van der Waals surface area contributed by atoms with Gasteiger partial charge in [0.1, 0.15) is 0 Å². The monoisotopic (exact) mass is 473 g/mol. The van der Waals surface area contributed by atoms with Crippen LogP contribution in [-0.2, 0) is 17.6 Å². The maximum atomic E-state index is 12.5. The number of hydrogen-bond acceptors (Lipinski definition) is 2. The number of benzene rings is 1. The summed E-state index contributed by atoms with van der Waals surface area (Å²) in [5, 5.41) is 0. The van der Waals surface area contributed by atoms with Crippen molar-refractivity contribution >= 4 is 11.4 Å². The van der Waals surface area contributed by atoms with Gasteiger partial charge in [-0.3, -0.25) is 4.79 Å². The first-order valence-electron chi connectivity index (χ1n) is 13.9. The third kappa shape index (κ3) is 7.64. The van der Waals surface area contributed by atoms with Gasteiger partial charge in [-0.15, -0.1) is 0 Å². The van der Waals surface area contributed by atoms with Crippen molar-refractivity contribution in [3.05, 3.63) is 76.9 Å². The summed E-state index contributed by atoms with van der Waals surface area (Å²) in [5.74, 6) is 0.227. The van der Waals surface area contributed by atoms with Gasteiger partial charge in [0.05, 0.1) is 0 Å². The maximum Gasteiger partial charge on any atom is 0.162 e. The van der Waals surface area contributed by atoms with Crippen molar-refractivity contribution in [1.82, 2.24) is 4.90 Å². The molecule has 0 N–H and O–H groups in total. The van der Waals surface area contributed by atoms with Crippen LogP contribution >= 0.6 is 0 Å². The normalized spacial score (nSPS) is 18.9. The van der Waals surface area contributed by atoms with Crippen LogP contribution in [0.15, 0.2) is 60.2 Å². The molecule has 1 spiro atoms. The molecule has 0 bridgehead atoms. The topological polar surface area (TPSA) is 20.3 Å². The number of piperidine rings is 1. The molecule has 1 heterocycles. The number of rotatable bonds is 11. The molecular weight excluding hydrogens is 426 g/mol. The number of unbranched alkanes of at least 4 members (excludes halogenated alkanes) is 2. The van der Waals surface area contributed by atoms with E-state index in [-0.39, 0.29) is 5.78 Å². The van der Waals surface area contributed by atoms with Crippen LogP contribution in [0.3, 0.4) is 0 Å². The zero-order valence-corrected chi connectivity index (χ0v) is 22.8. The first kappa shape index (κ1) is 27.4. The van der Waals surface area contributed by atoms with Gasteiger partial charge in [0.2, 0.25) is 0 Å². The Labute approximate surface area is 214 Å².